The van der Waals surface area contributed by atoms with Crippen molar-refractivity contribution >= 4 is 11.7 Å². The number of aromatic carboxylic acids is 1. The summed E-state index contributed by atoms with van der Waals surface area (Å²) in [6, 6.07) is 25.7. The molecule has 4 nitrogen and oxygen atoms in total. The molecule has 2 aliphatic rings. The van der Waals surface area contributed by atoms with Crippen LogP contribution in [0.2, 0.25) is 0 Å². The molecule has 1 saturated heterocycles. The number of carbonyl (C=O) groups is 1. The Morgan fingerprint density at radius 3 is 2.50 bits per heavy atom. The van der Waals surface area contributed by atoms with E-state index in [-0.39, 0.29) is 0 Å². The minimum absolute atomic E-state index is 0.396. The van der Waals surface area contributed by atoms with Gasteiger partial charge in [0.1, 0.15) is 0 Å². The second-order valence-corrected chi connectivity index (χ2v) is 9.02. The quantitative estimate of drug-likeness (QED) is 0.615. The third-order valence-electron chi connectivity index (χ3n) is 6.99. The van der Waals surface area contributed by atoms with Crippen molar-refractivity contribution in [2.24, 2.45) is 0 Å². The predicted octanol–water partition coefficient (Wildman–Crippen LogP) is 4.81. The SMILES string of the molecule is O=C(O)c1ccc2c(c1)CC[C@@H]1CN(Cc3ccccc3CCc3ccccc3)CCN21. The molecule has 1 N–H and O–H groups in total. The Labute approximate surface area is 190 Å². The summed E-state index contributed by atoms with van der Waals surface area (Å²) in [6.07, 6.45) is 4.19. The van der Waals surface area contributed by atoms with E-state index in [1.54, 1.807) is 6.07 Å². The number of hydrogen-bond donors (Lipinski definition) is 1. The first kappa shape index (κ1) is 20.8. The summed E-state index contributed by atoms with van der Waals surface area (Å²) < 4.78 is 0. The zero-order valence-corrected chi connectivity index (χ0v) is 18.4. The number of carboxylic acids is 1. The minimum Gasteiger partial charge on any atom is -0.478 e. The summed E-state index contributed by atoms with van der Waals surface area (Å²) in [4.78, 5) is 16.4. The first-order valence-corrected chi connectivity index (χ1v) is 11.6. The molecule has 0 unspecified atom stereocenters. The minimum atomic E-state index is -0.842. The molecule has 1 fully saturated rings. The molecule has 1 atom stereocenters. The lowest BCUT2D eigenvalue weighted by Crippen LogP contribution is -2.54. The van der Waals surface area contributed by atoms with E-state index in [2.05, 4.69) is 64.4 Å². The fraction of sp³-hybridized carbons (Fsp3) is 0.321. The number of hydrogen-bond acceptors (Lipinski definition) is 3. The van der Waals surface area contributed by atoms with Crippen LogP contribution >= 0.6 is 0 Å². The number of nitrogens with zero attached hydrogens (tertiary/aromatic N) is 2. The van der Waals surface area contributed by atoms with Crippen LogP contribution in [0.4, 0.5) is 5.69 Å². The highest BCUT2D eigenvalue weighted by atomic mass is 16.4. The van der Waals surface area contributed by atoms with E-state index in [9.17, 15) is 9.90 Å². The zero-order chi connectivity index (χ0) is 21.9. The molecule has 0 amide bonds. The maximum absolute atomic E-state index is 11.3. The van der Waals surface area contributed by atoms with Gasteiger partial charge < -0.3 is 10.0 Å². The maximum atomic E-state index is 11.3. The molecule has 3 aromatic carbocycles. The van der Waals surface area contributed by atoms with Crippen LogP contribution in [0.15, 0.2) is 72.8 Å². The van der Waals surface area contributed by atoms with Gasteiger partial charge in [0.05, 0.1) is 5.56 Å². The van der Waals surface area contributed by atoms with Gasteiger partial charge in [0.15, 0.2) is 0 Å². The van der Waals surface area contributed by atoms with Crippen molar-refractivity contribution in [3.05, 3.63) is 101 Å². The molecule has 0 aromatic heterocycles. The normalized spacial score (nSPS) is 18.1. The number of aryl methyl sites for hydroxylation is 3. The third kappa shape index (κ3) is 4.42. The van der Waals surface area contributed by atoms with Crippen LogP contribution < -0.4 is 4.90 Å². The molecular weight excluding hydrogens is 396 g/mol. The van der Waals surface area contributed by atoms with Gasteiger partial charge >= 0.3 is 5.97 Å². The molecule has 5 rings (SSSR count). The Balaban J connectivity index is 1.25. The average molecular weight is 427 g/mol. The number of piperazine rings is 1. The lowest BCUT2D eigenvalue weighted by atomic mass is 9.92. The van der Waals surface area contributed by atoms with Crippen molar-refractivity contribution in [2.75, 3.05) is 24.5 Å². The summed E-state index contributed by atoms with van der Waals surface area (Å²) in [5.74, 6) is -0.842. The molecule has 2 aliphatic heterocycles. The van der Waals surface area contributed by atoms with E-state index in [0.29, 0.717) is 11.6 Å². The first-order chi connectivity index (χ1) is 15.7. The zero-order valence-electron chi connectivity index (χ0n) is 18.4. The summed E-state index contributed by atoms with van der Waals surface area (Å²) in [5.41, 5.74) is 7.10. The van der Waals surface area contributed by atoms with Crippen molar-refractivity contribution in [2.45, 2.75) is 38.3 Å². The van der Waals surface area contributed by atoms with Crippen LogP contribution in [0.3, 0.4) is 0 Å². The molecule has 0 spiro atoms. The monoisotopic (exact) mass is 426 g/mol. The first-order valence-electron chi connectivity index (χ1n) is 11.6. The van der Waals surface area contributed by atoms with Crippen LogP contribution in [0, 0.1) is 0 Å². The third-order valence-corrected chi connectivity index (χ3v) is 6.99. The highest BCUT2D eigenvalue weighted by Gasteiger charge is 2.32. The molecule has 32 heavy (non-hydrogen) atoms. The number of carboxylic acid groups (broad SMARTS) is 1. The van der Waals surface area contributed by atoms with Gasteiger partial charge in [-0.3, -0.25) is 4.90 Å². The second-order valence-electron chi connectivity index (χ2n) is 9.02. The second kappa shape index (κ2) is 9.17. The van der Waals surface area contributed by atoms with Gasteiger partial charge in [-0.2, -0.15) is 0 Å². The van der Waals surface area contributed by atoms with Crippen LogP contribution in [-0.2, 0) is 25.8 Å². The Kier molecular flexibility index (Phi) is 5.95. The average Bonchev–Trinajstić information content (AvgIpc) is 2.83. The molecule has 0 radical (unpaired) electrons. The van der Waals surface area contributed by atoms with Crippen LogP contribution in [-0.4, -0.2) is 41.7 Å². The van der Waals surface area contributed by atoms with E-state index in [4.69, 9.17) is 0 Å². The highest BCUT2D eigenvalue weighted by Crippen LogP contribution is 2.34. The van der Waals surface area contributed by atoms with Gasteiger partial charge in [-0.15, -0.1) is 0 Å². The summed E-state index contributed by atoms with van der Waals surface area (Å²) >= 11 is 0. The molecule has 2 heterocycles. The fourth-order valence-corrected chi connectivity index (χ4v) is 5.27. The van der Waals surface area contributed by atoms with Crippen molar-refractivity contribution in [3.8, 4) is 0 Å². The van der Waals surface area contributed by atoms with E-state index in [1.807, 2.05) is 12.1 Å². The smallest absolute Gasteiger partial charge is 0.335 e. The van der Waals surface area contributed by atoms with Crippen molar-refractivity contribution in [1.82, 2.24) is 4.90 Å². The molecule has 3 aromatic rings. The number of rotatable bonds is 6. The van der Waals surface area contributed by atoms with Crippen LogP contribution in [0.25, 0.3) is 0 Å². The van der Waals surface area contributed by atoms with Crippen LogP contribution in [0.1, 0.15) is 39.0 Å². The predicted molar refractivity (Wildman–Crippen MR) is 128 cm³/mol. The van der Waals surface area contributed by atoms with Gasteiger partial charge in [-0.05, 0) is 66.1 Å². The lowest BCUT2D eigenvalue weighted by Gasteiger charge is -2.46. The molecule has 164 valence electrons. The van der Waals surface area contributed by atoms with Gasteiger partial charge in [-0.25, -0.2) is 4.79 Å². The molecular formula is C28H30N2O2. The fourth-order valence-electron chi connectivity index (χ4n) is 5.27. The maximum Gasteiger partial charge on any atom is 0.335 e. The van der Waals surface area contributed by atoms with Crippen molar-refractivity contribution in [3.63, 3.8) is 0 Å². The Bertz CT molecular complexity index is 1100. The van der Waals surface area contributed by atoms with Crippen LogP contribution in [0.5, 0.6) is 0 Å². The highest BCUT2D eigenvalue weighted by molar-refractivity contribution is 5.88. The van der Waals surface area contributed by atoms with E-state index in [1.165, 1.54) is 27.9 Å². The number of benzene rings is 3. The van der Waals surface area contributed by atoms with Gasteiger partial charge in [0, 0.05) is 37.9 Å². The molecule has 0 aliphatic carbocycles. The summed E-state index contributed by atoms with van der Waals surface area (Å²) in [5, 5.41) is 9.30. The Morgan fingerprint density at radius 2 is 1.69 bits per heavy atom. The largest absolute Gasteiger partial charge is 0.478 e. The summed E-state index contributed by atoms with van der Waals surface area (Å²) in [7, 11) is 0. The topological polar surface area (TPSA) is 43.8 Å². The summed E-state index contributed by atoms with van der Waals surface area (Å²) in [6.45, 7) is 4.09. The van der Waals surface area contributed by atoms with E-state index in [0.717, 1.165) is 51.9 Å². The van der Waals surface area contributed by atoms with E-state index >= 15 is 0 Å². The Hall–Kier alpha value is -3.11. The van der Waals surface area contributed by atoms with Gasteiger partial charge in [-0.1, -0.05) is 54.6 Å². The number of fused-ring (bicyclic) bond motifs is 3. The van der Waals surface area contributed by atoms with E-state index < -0.39 is 5.97 Å². The lowest BCUT2D eigenvalue weighted by molar-refractivity contribution is 0.0696. The van der Waals surface area contributed by atoms with Crippen molar-refractivity contribution < 1.29 is 9.90 Å². The standard InChI is InChI=1S/C28H30N2O2/c31-28(32)24-13-15-27-23(18-24)12-14-26-20-29(16-17-30(26)27)19-25-9-5-4-8-22(25)11-10-21-6-2-1-3-7-21/h1-9,13,15,18,26H,10-12,14,16-17,19-20H2,(H,31,32)/t26-/m1/s1. The number of anilines is 1. The Morgan fingerprint density at radius 1 is 0.906 bits per heavy atom. The molecule has 0 bridgehead atoms. The van der Waals surface area contributed by atoms with Gasteiger partial charge in [0.25, 0.3) is 0 Å². The van der Waals surface area contributed by atoms with Crippen molar-refractivity contribution in [1.29, 1.82) is 0 Å². The molecule has 0 saturated carbocycles. The van der Waals surface area contributed by atoms with Gasteiger partial charge in [0.2, 0.25) is 0 Å². The molecule has 4 heteroatoms.